The minimum atomic E-state index is -0.792. The van der Waals surface area contributed by atoms with Crippen molar-refractivity contribution in [3.8, 4) is 11.4 Å². The maximum Gasteiger partial charge on any atom is 0.251 e. The Kier molecular flexibility index (Phi) is 5.16. The van der Waals surface area contributed by atoms with Gasteiger partial charge in [0.05, 0.1) is 23.1 Å². The van der Waals surface area contributed by atoms with Crippen LogP contribution in [0.5, 0.6) is 0 Å². The number of primary amides is 1. The molecule has 0 saturated heterocycles. The lowest BCUT2D eigenvalue weighted by atomic mass is 10.1. The number of anilines is 1. The standard InChI is InChI=1S/C19H21FN6O/c1-11(2)26-12(3)23-10-17(26)16-6-7-22-19(25-16)24-9-13-4-5-14(18(21)27)15(20)8-13/h4-8,10-11H,9H2,1-3H3,(H2,21,27)(H,22,24,25). The Bertz CT molecular complexity index is 982. The third-order valence-electron chi connectivity index (χ3n) is 4.17. The van der Waals surface area contributed by atoms with Gasteiger partial charge in [0.1, 0.15) is 11.6 Å². The summed E-state index contributed by atoms with van der Waals surface area (Å²) in [6.07, 6.45) is 3.45. The van der Waals surface area contributed by atoms with Crippen LogP contribution in [-0.4, -0.2) is 25.4 Å². The Labute approximate surface area is 156 Å². The van der Waals surface area contributed by atoms with Gasteiger partial charge in [0, 0.05) is 18.8 Å². The van der Waals surface area contributed by atoms with Crippen LogP contribution in [-0.2, 0) is 6.54 Å². The number of amides is 1. The second kappa shape index (κ2) is 7.53. The molecule has 3 rings (SSSR count). The molecule has 0 spiro atoms. The molecule has 3 N–H and O–H groups in total. The maximum atomic E-state index is 13.9. The molecular formula is C19H21FN6O. The summed E-state index contributed by atoms with van der Waals surface area (Å²) < 4.78 is 16.0. The number of aryl methyl sites for hydroxylation is 1. The Morgan fingerprint density at radius 3 is 2.74 bits per heavy atom. The number of nitrogens with zero attached hydrogens (tertiary/aromatic N) is 4. The number of hydrogen-bond donors (Lipinski definition) is 2. The van der Waals surface area contributed by atoms with Crippen molar-refractivity contribution in [3.63, 3.8) is 0 Å². The van der Waals surface area contributed by atoms with Crippen molar-refractivity contribution in [3.05, 3.63) is 59.4 Å². The quantitative estimate of drug-likeness (QED) is 0.697. The van der Waals surface area contributed by atoms with Gasteiger partial charge in [0.15, 0.2) is 0 Å². The predicted octanol–water partition coefficient (Wildman–Crippen LogP) is 3.08. The number of imidazole rings is 1. The van der Waals surface area contributed by atoms with Gasteiger partial charge in [-0.15, -0.1) is 0 Å². The number of nitrogens with two attached hydrogens (primary N) is 1. The molecular weight excluding hydrogens is 347 g/mol. The predicted molar refractivity (Wildman–Crippen MR) is 101 cm³/mol. The van der Waals surface area contributed by atoms with Crippen LogP contribution in [0.3, 0.4) is 0 Å². The number of aromatic nitrogens is 4. The highest BCUT2D eigenvalue weighted by Gasteiger charge is 2.13. The van der Waals surface area contributed by atoms with Gasteiger partial charge in [-0.1, -0.05) is 6.07 Å². The van der Waals surface area contributed by atoms with Crippen molar-refractivity contribution < 1.29 is 9.18 Å². The van der Waals surface area contributed by atoms with E-state index in [1.807, 2.05) is 13.0 Å². The number of hydrogen-bond acceptors (Lipinski definition) is 5. The average Bonchev–Trinajstić information content (AvgIpc) is 3.02. The molecule has 0 fully saturated rings. The molecule has 7 nitrogen and oxygen atoms in total. The van der Waals surface area contributed by atoms with Gasteiger partial charge < -0.3 is 15.6 Å². The molecule has 0 atom stereocenters. The van der Waals surface area contributed by atoms with Crippen LogP contribution in [0.1, 0.15) is 41.6 Å². The Hall–Kier alpha value is -3.29. The smallest absolute Gasteiger partial charge is 0.251 e. The summed E-state index contributed by atoms with van der Waals surface area (Å²) in [5, 5.41) is 3.07. The van der Waals surface area contributed by atoms with Crippen molar-refractivity contribution in [2.75, 3.05) is 5.32 Å². The first-order valence-electron chi connectivity index (χ1n) is 8.56. The molecule has 27 heavy (non-hydrogen) atoms. The molecule has 3 aromatic rings. The molecule has 8 heteroatoms. The van der Waals surface area contributed by atoms with Gasteiger partial charge in [-0.05, 0) is 44.5 Å². The normalized spacial score (nSPS) is 11.0. The van der Waals surface area contributed by atoms with Gasteiger partial charge in [-0.3, -0.25) is 4.79 Å². The monoisotopic (exact) mass is 368 g/mol. The van der Waals surface area contributed by atoms with Gasteiger partial charge in [-0.25, -0.2) is 19.3 Å². The van der Waals surface area contributed by atoms with E-state index in [1.54, 1.807) is 18.5 Å². The van der Waals surface area contributed by atoms with Gasteiger partial charge in [0.2, 0.25) is 5.95 Å². The third-order valence-corrected chi connectivity index (χ3v) is 4.17. The van der Waals surface area contributed by atoms with Crippen LogP contribution in [0.4, 0.5) is 10.3 Å². The van der Waals surface area contributed by atoms with Gasteiger partial charge in [-0.2, -0.15) is 0 Å². The van der Waals surface area contributed by atoms with Crippen molar-refractivity contribution in [1.29, 1.82) is 0 Å². The molecule has 2 aromatic heterocycles. The van der Waals surface area contributed by atoms with Crippen LogP contribution >= 0.6 is 0 Å². The van der Waals surface area contributed by atoms with Crippen LogP contribution in [0, 0.1) is 12.7 Å². The lowest BCUT2D eigenvalue weighted by Gasteiger charge is -2.14. The molecule has 2 heterocycles. The van der Waals surface area contributed by atoms with E-state index in [2.05, 4.69) is 38.7 Å². The molecule has 0 aliphatic rings. The summed E-state index contributed by atoms with van der Waals surface area (Å²) in [5.41, 5.74) is 7.29. The number of benzene rings is 1. The van der Waals surface area contributed by atoms with E-state index >= 15 is 0 Å². The van der Waals surface area contributed by atoms with E-state index in [1.165, 1.54) is 12.1 Å². The van der Waals surface area contributed by atoms with Gasteiger partial charge in [0.25, 0.3) is 5.91 Å². The van der Waals surface area contributed by atoms with Crippen LogP contribution < -0.4 is 11.1 Å². The topological polar surface area (TPSA) is 98.7 Å². The Morgan fingerprint density at radius 2 is 2.07 bits per heavy atom. The van der Waals surface area contributed by atoms with Crippen molar-refractivity contribution in [1.82, 2.24) is 19.5 Å². The molecule has 0 aliphatic carbocycles. The highest BCUT2D eigenvalue weighted by Crippen LogP contribution is 2.23. The SMILES string of the molecule is Cc1ncc(-c2ccnc(NCc3ccc(C(N)=O)c(F)c3)n2)n1C(C)C. The minimum absolute atomic E-state index is 0.130. The highest BCUT2D eigenvalue weighted by atomic mass is 19.1. The van der Waals surface area contributed by atoms with Crippen molar-refractivity contribution in [2.45, 2.75) is 33.4 Å². The molecule has 1 amide bonds. The third kappa shape index (κ3) is 3.94. The number of halogens is 1. The summed E-state index contributed by atoms with van der Waals surface area (Å²) >= 11 is 0. The summed E-state index contributed by atoms with van der Waals surface area (Å²) in [6.45, 7) is 6.43. The molecule has 0 aliphatic heterocycles. The zero-order valence-electron chi connectivity index (χ0n) is 15.4. The number of rotatable bonds is 6. The fourth-order valence-electron chi connectivity index (χ4n) is 2.93. The second-order valence-electron chi connectivity index (χ2n) is 6.45. The minimum Gasteiger partial charge on any atom is -0.366 e. The first-order chi connectivity index (χ1) is 12.9. The second-order valence-corrected chi connectivity index (χ2v) is 6.45. The number of carbonyl (C=O) groups excluding carboxylic acids is 1. The average molecular weight is 368 g/mol. The van der Waals surface area contributed by atoms with E-state index in [0.29, 0.717) is 18.1 Å². The van der Waals surface area contributed by atoms with E-state index < -0.39 is 11.7 Å². The molecule has 0 unspecified atom stereocenters. The Morgan fingerprint density at radius 1 is 1.30 bits per heavy atom. The lowest BCUT2D eigenvalue weighted by Crippen LogP contribution is -2.13. The van der Waals surface area contributed by atoms with E-state index in [9.17, 15) is 9.18 Å². The van der Waals surface area contributed by atoms with Crippen molar-refractivity contribution >= 4 is 11.9 Å². The van der Waals surface area contributed by atoms with Crippen LogP contribution in [0.15, 0.2) is 36.7 Å². The molecule has 0 saturated carbocycles. The van der Waals surface area contributed by atoms with Crippen LogP contribution in [0.25, 0.3) is 11.4 Å². The van der Waals surface area contributed by atoms with E-state index in [-0.39, 0.29) is 11.6 Å². The van der Waals surface area contributed by atoms with Gasteiger partial charge >= 0.3 is 0 Å². The first kappa shape index (κ1) is 18.5. The van der Waals surface area contributed by atoms with E-state index in [4.69, 9.17) is 5.73 Å². The highest BCUT2D eigenvalue weighted by molar-refractivity contribution is 5.93. The van der Waals surface area contributed by atoms with Crippen molar-refractivity contribution in [2.24, 2.45) is 5.73 Å². The summed E-state index contributed by atoms with van der Waals surface area (Å²) in [4.78, 5) is 24.2. The molecule has 0 bridgehead atoms. The lowest BCUT2D eigenvalue weighted by molar-refractivity contribution is 0.0996. The fourth-order valence-corrected chi connectivity index (χ4v) is 2.93. The number of carbonyl (C=O) groups is 1. The largest absolute Gasteiger partial charge is 0.366 e. The fraction of sp³-hybridized carbons (Fsp3) is 0.263. The first-order valence-corrected chi connectivity index (χ1v) is 8.56. The Balaban J connectivity index is 1.79. The molecule has 1 aromatic carbocycles. The zero-order chi connectivity index (χ0) is 19.6. The maximum absolute atomic E-state index is 13.9. The molecule has 140 valence electrons. The zero-order valence-corrected chi connectivity index (χ0v) is 15.4. The summed E-state index contributed by atoms with van der Waals surface area (Å²) in [5.74, 6) is -0.105. The summed E-state index contributed by atoms with van der Waals surface area (Å²) in [7, 11) is 0. The summed E-state index contributed by atoms with van der Waals surface area (Å²) in [6, 6.07) is 6.35. The molecule has 0 radical (unpaired) electrons. The number of nitrogens with one attached hydrogen (secondary N) is 1. The van der Waals surface area contributed by atoms with Crippen LogP contribution in [0.2, 0.25) is 0 Å². The van der Waals surface area contributed by atoms with E-state index in [0.717, 1.165) is 17.2 Å².